The van der Waals surface area contributed by atoms with Crippen molar-refractivity contribution < 1.29 is 0 Å². The summed E-state index contributed by atoms with van der Waals surface area (Å²) in [5.74, 6) is 1.16. The highest BCUT2D eigenvalue weighted by Crippen LogP contribution is 2.28. The summed E-state index contributed by atoms with van der Waals surface area (Å²) >= 11 is 1.43. The standard InChI is InChI=1S/C23H26N6O2S/c1-6-11-29-20-18(22(30)28(5)23(29)31)21(27-19(26-20)13(2)3)32-12-17-14(4)24-15-9-7-8-10-16(15)25-17/h7-10,13H,6,11-12H2,1-5H3. The lowest BCUT2D eigenvalue weighted by atomic mass is 10.2. The van der Waals surface area contributed by atoms with Crippen molar-refractivity contribution in [2.24, 2.45) is 7.05 Å². The fourth-order valence-corrected chi connectivity index (χ4v) is 4.57. The van der Waals surface area contributed by atoms with E-state index in [0.29, 0.717) is 34.2 Å². The number of hydrogen-bond donors (Lipinski definition) is 0. The third kappa shape index (κ3) is 3.92. The van der Waals surface area contributed by atoms with Crippen LogP contribution in [0.15, 0.2) is 38.9 Å². The van der Waals surface area contributed by atoms with Crippen LogP contribution in [0.5, 0.6) is 0 Å². The number of aryl methyl sites for hydroxylation is 2. The van der Waals surface area contributed by atoms with Crippen molar-refractivity contribution in [3.63, 3.8) is 0 Å². The summed E-state index contributed by atoms with van der Waals surface area (Å²) in [6.45, 7) is 8.41. The van der Waals surface area contributed by atoms with Crippen LogP contribution in [-0.2, 0) is 19.3 Å². The van der Waals surface area contributed by atoms with E-state index in [1.807, 2.05) is 52.0 Å². The SMILES string of the molecule is CCCn1c(=O)n(C)c(=O)c2c(SCc3nc4ccccc4nc3C)nc(C(C)C)nc21. The number of benzene rings is 1. The Hall–Kier alpha value is -3.07. The minimum Gasteiger partial charge on any atom is -0.277 e. The van der Waals surface area contributed by atoms with E-state index in [0.717, 1.165) is 33.4 Å². The average molecular weight is 451 g/mol. The van der Waals surface area contributed by atoms with E-state index in [1.165, 1.54) is 18.8 Å². The van der Waals surface area contributed by atoms with Gasteiger partial charge in [0.05, 0.1) is 22.4 Å². The lowest BCUT2D eigenvalue weighted by Crippen LogP contribution is -2.39. The zero-order valence-corrected chi connectivity index (χ0v) is 19.7. The summed E-state index contributed by atoms with van der Waals surface area (Å²) in [6, 6.07) is 7.76. The van der Waals surface area contributed by atoms with Gasteiger partial charge in [0.25, 0.3) is 5.56 Å². The molecule has 0 unspecified atom stereocenters. The Morgan fingerprint density at radius 3 is 2.38 bits per heavy atom. The van der Waals surface area contributed by atoms with Crippen LogP contribution < -0.4 is 11.2 Å². The van der Waals surface area contributed by atoms with Gasteiger partial charge in [0.1, 0.15) is 16.2 Å². The monoisotopic (exact) mass is 450 g/mol. The summed E-state index contributed by atoms with van der Waals surface area (Å²) in [5.41, 5.74) is 3.03. The Balaban J connectivity index is 1.87. The molecule has 0 aliphatic heterocycles. The molecule has 8 nitrogen and oxygen atoms in total. The molecule has 0 atom stereocenters. The first-order chi connectivity index (χ1) is 15.3. The summed E-state index contributed by atoms with van der Waals surface area (Å²) < 4.78 is 2.72. The zero-order valence-electron chi connectivity index (χ0n) is 18.9. The summed E-state index contributed by atoms with van der Waals surface area (Å²) in [5, 5.41) is 0.944. The first-order valence-corrected chi connectivity index (χ1v) is 11.7. The van der Waals surface area contributed by atoms with Crippen molar-refractivity contribution in [3.05, 3.63) is 62.3 Å². The molecule has 0 fully saturated rings. The fraction of sp³-hybridized carbons (Fsp3) is 0.391. The molecule has 0 saturated carbocycles. The van der Waals surface area contributed by atoms with E-state index < -0.39 is 0 Å². The van der Waals surface area contributed by atoms with Crippen molar-refractivity contribution in [2.45, 2.75) is 57.4 Å². The van der Waals surface area contributed by atoms with Gasteiger partial charge in [0, 0.05) is 25.3 Å². The minimum atomic E-state index is -0.378. The molecule has 0 spiro atoms. The molecule has 1 aromatic carbocycles. The number of hydrogen-bond acceptors (Lipinski definition) is 7. The molecule has 32 heavy (non-hydrogen) atoms. The maximum Gasteiger partial charge on any atom is 0.332 e. The van der Waals surface area contributed by atoms with Gasteiger partial charge in [0.15, 0.2) is 5.65 Å². The van der Waals surface area contributed by atoms with E-state index in [-0.39, 0.29) is 17.2 Å². The zero-order chi connectivity index (χ0) is 23.0. The molecule has 0 bridgehead atoms. The van der Waals surface area contributed by atoms with Crippen molar-refractivity contribution in [1.29, 1.82) is 0 Å². The average Bonchev–Trinajstić information content (AvgIpc) is 2.78. The second-order valence-electron chi connectivity index (χ2n) is 8.07. The van der Waals surface area contributed by atoms with Crippen molar-refractivity contribution >= 4 is 33.8 Å². The minimum absolute atomic E-state index is 0.0511. The number of fused-ring (bicyclic) bond motifs is 2. The summed E-state index contributed by atoms with van der Waals surface area (Å²) in [7, 11) is 1.50. The molecule has 0 N–H and O–H groups in total. The maximum absolute atomic E-state index is 13.1. The van der Waals surface area contributed by atoms with Crippen LogP contribution in [0, 0.1) is 6.92 Å². The van der Waals surface area contributed by atoms with Gasteiger partial charge in [-0.1, -0.05) is 44.7 Å². The molecule has 4 rings (SSSR count). The Bertz CT molecular complexity index is 1440. The molecule has 0 saturated heterocycles. The van der Waals surface area contributed by atoms with Gasteiger partial charge in [0.2, 0.25) is 0 Å². The van der Waals surface area contributed by atoms with Crippen LogP contribution in [-0.4, -0.2) is 29.1 Å². The Morgan fingerprint density at radius 2 is 1.72 bits per heavy atom. The van der Waals surface area contributed by atoms with E-state index in [9.17, 15) is 9.59 Å². The first-order valence-electron chi connectivity index (χ1n) is 10.7. The van der Waals surface area contributed by atoms with E-state index in [2.05, 4.69) is 9.97 Å². The van der Waals surface area contributed by atoms with Gasteiger partial charge in [-0.3, -0.25) is 13.9 Å². The number of para-hydroxylation sites is 2. The largest absolute Gasteiger partial charge is 0.332 e. The van der Waals surface area contributed by atoms with Crippen LogP contribution in [0.4, 0.5) is 0 Å². The van der Waals surface area contributed by atoms with Crippen LogP contribution >= 0.6 is 11.8 Å². The highest BCUT2D eigenvalue weighted by molar-refractivity contribution is 7.98. The molecule has 0 aliphatic carbocycles. The van der Waals surface area contributed by atoms with Gasteiger partial charge in [-0.25, -0.2) is 24.7 Å². The first kappa shape index (κ1) is 22.1. The van der Waals surface area contributed by atoms with E-state index >= 15 is 0 Å². The molecule has 4 aromatic rings. The third-order valence-corrected chi connectivity index (χ3v) is 6.30. The Labute approximate surface area is 189 Å². The normalized spacial score (nSPS) is 11.7. The second-order valence-corrected chi connectivity index (χ2v) is 9.04. The van der Waals surface area contributed by atoms with Gasteiger partial charge < -0.3 is 0 Å². The summed E-state index contributed by atoms with van der Waals surface area (Å²) in [6.07, 6.45) is 0.753. The predicted molar refractivity (Wildman–Crippen MR) is 127 cm³/mol. The second kappa shape index (κ2) is 8.82. The van der Waals surface area contributed by atoms with Gasteiger partial charge >= 0.3 is 5.69 Å². The van der Waals surface area contributed by atoms with Crippen molar-refractivity contribution in [3.8, 4) is 0 Å². The van der Waals surface area contributed by atoms with Gasteiger partial charge in [-0.2, -0.15) is 0 Å². The molecular formula is C23H26N6O2S. The van der Waals surface area contributed by atoms with Crippen LogP contribution in [0.3, 0.4) is 0 Å². The van der Waals surface area contributed by atoms with Gasteiger partial charge in [-0.05, 0) is 25.5 Å². The fourth-order valence-electron chi connectivity index (χ4n) is 3.54. The smallest absolute Gasteiger partial charge is 0.277 e. The molecule has 3 heterocycles. The molecular weight excluding hydrogens is 424 g/mol. The molecule has 0 amide bonds. The predicted octanol–water partition coefficient (Wildman–Crippen LogP) is 3.57. The van der Waals surface area contributed by atoms with Crippen molar-refractivity contribution in [2.75, 3.05) is 0 Å². The highest BCUT2D eigenvalue weighted by atomic mass is 32.2. The number of rotatable bonds is 6. The Kier molecular flexibility index (Phi) is 6.10. The third-order valence-electron chi connectivity index (χ3n) is 5.32. The lowest BCUT2D eigenvalue weighted by Gasteiger charge is -2.15. The van der Waals surface area contributed by atoms with Crippen LogP contribution in [0.2, 0.25) is 0 Å². The topological polar surface area (TPSA) is 95.6 Å². The molecule has 9 heteroatoms. The number of thioether (sulfide) groups is 1. The lowest BCUT2D eigenvalue weighted by molar-refractivity contribution is 0.603. The van der Waals surface area contributed by atoms with E-state index in [1.54, 1.807) is 4.57 Å². The van der Waals surface area contributed by atoms with Gasteiger partial charge in [-0.15, -0.1) is 0 Å². The quantitative estimate of drug-likeness (QED) is 0.327. The molecule has 0 aliphatic rings. The maximum atomic E-state index is 13.1. The number of aromatic nitrogens is 6. The number of nitrogens with zero attached hydrogens (tertiary/aromatic N) is 6. The highest BCUT2D eigenvalue weighted by Gasteiger charge is 2.20. The molecule has 0 radical (unpaired) electrons. The molecule has 166 valence electrons. The van der Waals surface area contributed by atoms with Crippen molar-refractivity contribution in [1.82, 2.24) is 29.1 Å². The van der Waals surface area contributed by atoms with Crippen LogP contribution in [0.1, 0.15) is 50.3 Å². The van der Waals surface area contributed by atoms with Crippen LogP contribution in [0.25, 0.3) is 22.1 Å². The molecule has 3 aromatic heterocycles. The van der Waals surface area contributed by atoms with E-state index in [4.69, 9.17) is 9.97 Å². The Morgan fingerprint density at radius 1 is 1.03 bits per heavy atom. The summed E-state index contributed by atoms with van der Waals surface area (Å²) in [4.78, 5) is 44.6.